The molecule has 1 aliphatic heterocycles. The topological polar surface area (TPSA) is 192 Å². The standard InChI is InChI=1S/C24H32FN11O2/c1-14-12-33(24(32-27)36(29)16-6-4-3-5-7-16)13-15(2)35(14)23(38)21(37)17-10-30-20-19(17)18(25)11-31-22(20)34(28)9-8-26/h3-11,14-15,24,30,32H,12-13,26-29H2,1-2H3/b9-8-/t14-,15+,24?. The molecule has 202 valence electrons. The van der Waals surface area contributed by atoms with E-state index in [1.807, 2.05) is 49.1 Å². The number of amides is 1. The molecule has 0 spiro atoms. The van der Waals surface area contributed by atoms with Gasteiger partial charge in [-0.1, -0.05) is 18.2 Å². The van der Waals surface area contributed by atoms with Crippen molar-refractivity contribution < 1.29 is 14.0 Å². The van der Waals surface area contributed by atoms with E-state index in [1.165, 1.54) is 28.5 Å². The average Bonchev–Trinajstić information content (AvgIpc) is 3.35. The number of nitrogens with two attached hydrogens (primary N) is 4. The Bertz CT molecular complexity index is 1320. The third kappa shape index (κ3) is 4.90. The predicted molar refractivity (Wildman–Crippen MR) is 142 cm³/mol. The van der Waals surface area contributed by atoms with Crippen molar-refractivity contribution in [3.8, 4) is 0 Å². The Kier molecular flexibility index (Phi) is 7.89. The Labute approximate surface area is 218 Å². The van der Waals surface area contributed by atoms with Crippen molar-refractivity contribution in [2.45, 2.75) is 32.2 Å². The second-order valence-electron chi connectivity index (χ2n) is 9.11. The lowest BCUT2D eigenvalue weighted by Gasteiger charge is -2.48. The number of H-pyrrole nitrogens is 1. The number of piperazine rings is 1. The number of hydrogen-bond acceptors (Lipinski definition) is 11. The number of para-hydroxylation sites is 1. The molecule has 10 N–H and O–H groups in total. The van der Waals surface area contributed by atoms with Crippen LogP contribution in [-0.2, 0) is 4.79 Å². The number of nitrogens with one attached hydrogen (secondary N) is 2. The zero-order chi connectivity index (χ0) is 27.6. The summed E-state index contributed by atoms with van der Waals surface area (Å²) in [5, 5.41) is 2.50. The lowest BCUT2D eigenvalue weighted by molar-refractivity contribution is -0.135. The van der Waals surface area contributed by atoms with Gasteiger partial charge in [0.25, 0.3) is 11.7 Å². The van der Waals surface area contributed by atoms with Crippen LogP contribution in [-0.4, -0.2) is 62.9 Å². The van der Waals surface area contributed by atoms with Gasteiger partial charge >= 0.3 is 0 Å². The maximum absolute atomic E-state index is 14.8. The van der Waals surface area contributed by atoms with E-state index in [9.17, 15) is 14.0 Å². The molecular weight excluding hydrogens is 493 g/mol. The van der Waals surface area contributed by atoms with Gasteiger partial charge in [-0.3, -0.25) is 30.3 Å². The number of nitrogens with zero attached hydrogens (tertiary/aromatic N) is 5. The van der Waals surface area contributed by atoms with Crippen LogP contribution in [0, 0.1) is 5.82 Å². The van der Waals surface area contributed by atoms with E-state index in [0.29, 0.717) is 13.1 Å². The number of carbonyl (C=O) groups excluding carboxylic acids is 2. The SMILES string of the molecule is C[C@@H]1CN(C(NN)N(N)c2ccccc2)C[C@H](C)N1C(=O)C(=O)c1c[nH]c2c(N(N)/C=C\N)ncc(F)c12. The maximum atomic E-state index is 14.8. The van der Waals surface area contributed by atoms with E-state index in [-0.39, 0.29) is 34.4 Å². The molecule has 1 saturated heterocycles. The van der Waals surface area contributed by atoms with E-state index < -0.39 is 23.8 Å². The van der Waals surface area contributed by atoms with Crippen molar-refractivity contribution in [3.05, 3.63) is 66.5 Å². The number of aromatic amines is 1. The smallest absolute Gasteiger partial charge is 0.295 e. The number of carbonyl (C=O) groups is 2. The number of benzene rings is 1. The van der Waals surface area contributed by atoms with Gasteiger partial charge in [0, 0.05) is 43.8 Å². The van der Waals surface area contributed by atoms with Crippen LogP contribution in [0.2, 0.25) is 0 Å². The minimum atomic E-state index is -0.851. The van der Waals surface area contributed by atoms with Gasteiger partial charge < -0.3 is 15.6 Å². The normalized spacial score (nSPS) is 19.2. The molecular formula is C24H32FN11O2. The number of ketones is 1. The summed E-state index contributed by atoms with van der Waals surface area (Å²) in [6.45, 7) is 4.41. The van der Waals surface area contributed by atoms with Crippen molar-refractivity contribution in [3.63, 3.8) is 0 Å². The quantitative estimate of drug-likeness (QED) is 0.0765. The molecule has 13 nitrogen and oxygen atoms in total. The van der Waals surface area contributed by atoms with Gasteiger partial charge in [-0.2, -0.15) is 0 Å². The molecule has 3 heterocycles. The fourth-order valence-electron chi connectivity index (χ4n) is 4.93. The van der Waals surface area contributed by atoms with Crippen molar-refractivity contribution in [2.24, 2.45) is 23.3 Å². The van der Waals surface area contributed by atoms with Crippen LogP contribution in [0.3, 0.4) is 0 Å². The average molecular weight is 526 g/mol. The fourth-order valence-corrected chi connectivity index (χ4v) is 4.93. The van der Waals surface area contributed by atoms with Gasteiger partial charge in [0.1, 0.15) is 0 Å². The van der Waals surface area contributed by atoms with Crippen LogP contribution in [0.5, 0.6) is 0 Å². The van der Waals surface area contributed by atoms with Gasteiger partial charge in [0.2, 0.25) is 0 Å². The summed E-state index contributed by atoms with van der Waals surface area (Å²) in [7, 11) is 0. The number of rotatable bonds is 8. The van der Waals surface area contributed by atoms with Crippen molar-refractivity contribution in [1.82, 2.24) is 25.2 Å². The molecule has 1 aliphatic rings. The zero-order valence-electron chi connectivity index (χ0n) is 21.1. The summed E-state index contributed by atoms with van der Waals surface area (Å²) >= 11 is 0. The first-order chi connectivity index (χ1) is 18.2. The Morgan fingerprint density at radius 1 is 1.21 bits per heavy atom. The van der Waals surface area contributed by atoms with Crippen LogP contribution >= 0.6 is 0 Å². The number of hydrogen-bond donors (Lipinski definition) is 6. The molecule has 3 atom stereocenters. The minimum absolute atomic E-state index is 0.0813. The van der Waals surface area contributed by atoms with Crippen LogP contribution < -0.4 is 38.7 Å². The first-order valence-corrected chi connectivity index (χ1v) is 11.9. The molecule has 0 saturated carbocycles. The second kappa shape index (κ2) is 11.1. The van der Waals surface area contributed by atoms with E-state index in [2.05, 4.69) is 15.4 Å². The number of halogens is 1. The maximum Gasteiger partial charge on any atom is 0.295 e. The van der Waals surface area contributed by atoms with Gasteiger partial charge in [-0.05, 0) is 26.0 Å². The molecule has 2 aromatic heterocycles. The highest BCUT2D eigenvalue weighted by Gasteiger charge is 2.40. The molecule has 1 fully saturated rings. The number of aromatic nitrogens is 2. The molecule has 3 aromatic rings. The Hall–Kier alpha value is -4.08. The number of fused-ring (bicyclic) bond motifs is 1. The highest BCUT2D eigenvalue weighted by atomic mass is 19.1. The largest absolute Gasteiger partial charge is 0.403 e. The zero-order valence-corrected chi connectivity index (χ0v) is 21.1. The predicted octanol–water partition coefficient (Wildman–Crippen LogP) is 0.0431. The summed E-state index contributed by atoms with van der Waals surface area (Å²) in [5.74, 6) is 15.9. The molecule has 1 unspecified atom stereocenters. The number of Topliss-reactive ketones (excluding diaryl/α,β-unsaturated/α-hetero) is 1. The first kappa shape index (κ1) is 27.0. The Morgan fingerprint density at radius 2 is 1.87 bits per heavy atom. The van der Waals surface area contributed by atoms with Crippen LogP contribution in [0.4, 0.5) is 15.9 Å². The highest BCUT2D eigenvalue weighted by molar-refractivity contribution is 6.45. The van der Waals surface area contributed by atoms with Crippen LogP contribution in [0.25, 0.3) is 10.9 Å². The number of hydrazine groups is 3. The van der Waals surface area contributed by atoms with Crippen molar-refractivity contribution in [2.75, 3.05) is 23.1 Å². The molecule has 38 heavy (non-hydrogen) atoms. The summed E-state index contributed by atoms with van der Waals surface area (Å²) in [6.07, 6.45) is 4.16. The minimum Gasteiger partial charge on any atom is -0.403 e. The van der Waals surface area contributed by atoms with Crippen molar-refractivity contribution >= 4 is 34.1 Å². The third-order valence-corrected chi connectivity index (χ3v) is 6.57. The number of anilines is 2. The van der Waals surface area contributed by atoms with E-state index in [0.717, 1.165) is 16.9 Å². The third-order valence-electron chi connectivity index (χ3n) is 6.57. The second-order valence-corrected chi connectivity index (χ2v) is 9.11. The fraction of sp³-hybridized carbons (Fsp3) is 0.292. The first-order valence-electron chi connectivity index (χ1n) is 11.9. The Morgan fingerprint density at radius 3 is 2.47 bits per heavy atom. The molecule has 0 aliphatic carbocycles. The van der Waals surface area contributed by atoms with Crippen LogP contribution in [0.1, 0.15) is 24.2 Å². The molecule has 1 amide bonds. The molecule has 1 aromatic carbocycles. The van der Waals surface area contributed by atoms with E-state index in [4.69, 9.17) is 23.3 Å². The van der Waals surface area contributed by atoms with Gasteiger partial charge in [-0.15, -0.1) is 0 Å². The summed E-state index contributed by atoms with van der Waals surface area (Å²) in [5.41, 5.74) is 8.91. The highest BCUT2D eigenvalue weighted by Crippen LogP contribution is 2.29. The molecule has 14 heteroatoms. The van der Waals surface area contributed by atoms with E-state index in [1.54, 1.807) is 0 Å². The summed E-state index contributed by atoms with van der Waals surface area (Å²) in [4.78, 5) is 37.1. The summed E-state index contributed by atoms with van der Waals surface area (Å²) < 4.78 is 14.8. The number of pyridine rings is 1. The van der Waals surface area contributed by atoms with E-state index >= 15 is 0 Å². The Balaban J connectivity index is 1.56. The molecule has 0 bridgehead atoms. The monoisotopic (exact) mass is 525 g/mol. The van der Waals surface area contributed by atoms with Gasteiger partial charge in [0.15, 0.2) is 17.9 Å². The van der Waals surface area contributed by atoms with Gasteiger partial charge in [0.05, 0.1) is 28.4 Å². The molecule has 4 rings (SSSR count). The summed E-state index contributed by atoms with van der Waals surface area (Å²) in [6, 6.07) is 8.56. The van der Waals surface area contributed by atoms with Crippen LogP contribution in [0.15, 0.2) is 55.1 Å². The lowest BCUT2D eigenvalue weighted by atomic mass is 10.0. The lowest BCUT2D eigenvalue weighted by Crippen LogP contribution is -2.69. The van der Waals surface area contributed by atoms with Crippen molar-refractivity contribution in [1.29, 1.82) is 0 Å². The van der Waals surface area contributed by atoms with Gasteiger partial charge in [-0.25, -0.2) is 26.5 Å². The molecule has 0 radical (unpaired) electrons.